The third-order valence-electron chi connectivity index (χ3n) is 4.71. The van der Waals surface area contributed by atoms with Crippen molar-refractivity contribution in [3.63, 3.8) is 0 Å². The van der Waals surface area contributed by atoms with Crippen molar-refractivity contribution in [3.8, 4) is 11.8 Å². The summed E-state index contributed by atoms with van der Waals surface area (Å²) < 4.78 is 2.86. The van der Waals surface area contributed by atoms with E-state index in [1.807, 2.05) is 32.0 Å². The van der Waals surface area contributed by atoms with Crippen LogP contribution in [-0.2, 0) is 0 Å². The van der Waals surface area contributed by atoms with Crippen molar-refractivity contribution in [2.45, 2.75) is 26.3 Å². The van der Waals surface area contributed by atoms with Gasteiger partial charge >= 0.3 is 5.97 Å². The predicted octanol–water partition coefficient (Wildman–Crippen LogP) is 3.38. The molecule has 0 saturated heterocycles. The van der Waals surface area contributed by atoms with Crippen molar-refractivity contribution in [2.75, 3.05) is 0 Å². The van der Waals surface area contributed by atoms with Crippen LogP contribution in [0.15, 0.2) is 36.8 Å². The molecule has 0 aliphatic rings. The van der Waals surface area contributed by atoms with Crippen molar-refractivity contribution in [1.82, 2.24) is 29.5 Å². The fraction of sp³-hybridized carbons (Fsp3) is 0.211. The van der Waals surface area contributed by atoms with E-state index in [-0.39, 0.29) is 23.4 Å². The molecule has 10 heteroatoms. The Morgan fingerprint density at radius 2 is 2.03 bits per heavy atom. The lowest BCUT2D eigenvalue weighted by Crippen LogP contribution is -2.12. The molecule has 3 aromatic heterocycles. The summed E-state index contributed by atoms with van der Waals surface area (Å²) in [5, 5.41) is 28.6. The molecule has 0 amide bonds. The second kappa shape index (κ2) is 7.17. The first-order chi connectivity index (χ1) is 13.9. The number of aromatic carboxylic acids is 1. The zero-order chi connectivity index (χ0) is 20.7. The Hall–Kier alpha value is -3.46. The molecule has 0 spiro atoms. The molecule has 3 heterocycles. The minimum Gasteiger partial charge on any atom is -0.492 e. The third kappa shape index (κ3) is 3.29. The van der Waals surface area contributed by atoms with E-state index in [1.165, 1.54) is 23.3 Å². The van der Waals surface area contributed by atoms with E-state index >= 15 is 0 Å². The number of carbonyl (C=O) groups is 1. The lowest BCUT2D eigenvalue weighted by molar-refractivity contribution is 0.0697. The van der Waals surface area contributed by atoms with Gasteiger partial charge in [-0.05, 0) is 30.5 Å². The average molecular weight is 413 g/mol. The minimum absolute atomic E-state index is 0.00817. The zero-order valence-corrected chi connectivity index (χ0v) is 16.4. The van der Waals surface area contributed by atoms with Gasteiger partial charge in [0.15, 0.2) is 0 Å². The molecule has 4 rings (SSSR count). The maximum atomic E-state index is 11.0. The average Bonchev–Trinajstić information content (AvgIpc) is 3.33. The maximum Gasteiger partial charge on any atom is 0.338 e. The summed E-state index contributed by atoms with van der Waals surface area (Å²) in [5.74, 6) is -1.34. The highest BCUT2D eigenvalue weighted by Crippen LogP contribution is 2.31. The SMILES string of the molecule is CCC(c1ccc(C)c(Cl)c1)n1ncc2nc(-n3cc(C(=O)O)cn3)nc(O)c21. The van der Waals surface area contributed by atoms with E-state index in [4.69, 9.17) is 16.7 Å². The van der Waals surface area contributed by atoms with Crippen LogP contribution < -0.4 is 0 Å². The number of aromatic hydroxyl groups is 1. The highest BCUT2D eigenvalue weighted by Gasteiger charge is 2.21. The molecular formula is C19H17ClN6O3. The topological polar surface area (TPSA) is 119 Å². The third-order valence-corrected chi connectivity index (χ3v) is 5.12. The van der Waals surface area contributed by atoms with Crippen molar-refractivity contribution in [2.24, 2.45) is 0 Å². The van der Waals surface area contributed by atoms with Crippen LogP contribution in [0.2, 0.25) is 5.02 Å². The Kier molecular flexibility index (Phi) is 4.67. The number of benzene rings is 1. The first-order valence-corrected chi connectivity index (χ1v) is 9.25. The molecule has 4 aromatic rings. The summed E-state index contributed by atoms with van der Waals surface area (Å²) in [4.78, 5) is 19.5. The molecule has 148 valence electrons. The van der Waals surface area contributed by atoms with Crippen LogP contribution in [0.3, 0.4) is 0 Å². The van der Waals surface area contributed by atoms with Crippen molar-refractivity contribution < 1.29 is 15.0 Å². The number of halogens is 1. The lowest BCUT2D eigenvalue weighted by Gasteiger charge is -2.18. The van der Waals surface area contributed by atoms with Crippen LogP contribution in [0.25, 0.3) is 17.0 Å². The van der Waals surface area contributed by atoms with E-state index in [2.05, 4.69) is 20.2 Å². The Balaban J connectivity index is 1.80. The van der Waals surface area contributed by atoms with Gasteiger partial charge in [0.05, 0.1) is 24.0 Å². The monoisotopic (exact) mass is 412 g/mol. The van der Waals surface area contributed by atoms with Gasteiger partial charge in [-0.3, -0.25) is 4.68 Å². The van der Waals surface area contributed by atoms with Gasteiger partial charge in [-0.1, -0.05) is 30.7 Å². The lowest BCUT2D eigenvalue weighted by atomic mass is 10.0. The maximum absolute atomic E-state index is 11.0. The molecule has 0 aliphatic heterocycles. The summed E-state index contributed by atoms with van der Waals surface area (Å²) in [6.07, 6.45) is 4.69. The molecule has 0 radical (unpaired) electrons. The van der Waals surface area contributed by atoms with E-state index in [0.717, 1.165) is 11.1 Å². The van der Waals surface area contributed by atoms with Gasteiger partial charge in [0.1, 0.15) is 11.0 Å². The first kappa shape index (κ1) is 18.9. The molecule has 1 aromatic carbocycles. The second-order valence-electron chi connectivity index (χ2n) is 6.58. The Morgan fingerprint density at radius 1 is 1.24 bits per heavy atom. The van der Waals surface area contributed by atoms with Crippen molar-refractivity contribution >= 4 is 28.6 Å². The molecule has 1 unspecified atom stereocenters. The van der Waals surface area contributed by atoms with Crippen LogP contribution in [0.1, 0.15) is 40.9 Å². The summed E-state index contributed by atoms with van der Waals surface area (Å²) in [6.45, 7) is 3.94. The van der Waals surface area contributed by atoms with Gasteiger partial charge in [-0.25, -0.2) is 14.5 Å². The number of hydrogen-bond donors (Lipinski definition) is 2. The number of aromatic nitrogens is 6. The van der Waals surface area contributed by atoms with E-state index in [9.17, 15) is 9.90 Å². The number of carboxylic acids is 1. The Labute approximate surface area is 170 Å². The van der Waals surface area contributed by atoms with Crippen molar-refractivity contribution in [1.29, 1.82) is 0 Å². The summed E-state index contributed by atoms with van der Waals surface area (Å²) in [6, 6.07) is 5.64. The number of rotatable bonds is 5. The molecule has 0 saturated carbocycles. The minimum atomic E-state index is -1.11. The molecular weight excluding hydrogens is 396 g/mol. The van der Waals surface area contributed by atoms with Gasteiger partial charge in [-0.2, -0.15) is 15.2 Å². The number of aryl methyl sites for hydroxylation is 1. The molecule has 9 nitrogen and oxygen atoms in total. The summed E-state index contributed by atoms with van der Waals surface area (Å²) >= 11 is 6.28. The van der Waals surface area contributed by atoms with Crippen molar-refractivity contribution in [3.05, 3.63) is 58.5 Å². The number of hydrogen-bond acceptors (Lipinski definition) is 6. The van der Waals surface area contributed by atoms with E-state index < -0.39 is 5.97 Å². The fourth-order valence-corrected chi connectivity index (χ4v) is 3.37. The molecule has 1 atom stereocenters. The quantitative estimate of drug-likeness (QED) is 0.515. The predicted molar refractivity (Wildman–Crippen MR) is 106 cm³/mol. The molecule has 29 heavy (non-hydrogen) atoms. The second-order valence-corrected chi connectivity index (χ2v) is 6.99. The highest BCUT2D eigenvalue weighted by atomic mass is 35.5. The first-order valence-electron chi connectivity index (χ1n) is 8.87. The molecule has 2 N–H and O–H groups in total. The van der Waals surface area contributed by atoms with Crippen LogP contribution >= 0.6 is 11.6 Å². The molecule has 0 aliphatic carbocycles. The van der Waals surface area contributed by atoms with Gasteiger partial charge < -0.3 is 10.2 Å². The van der Waals surface area contributed by atoms with Gasteiger partial charge in [0.2, 0.25) is 5.88 Å². The summed E-state index contributed by atoms with van der Waals surface area (Å²) in [5.41, 5.74) is 2.71. The zero-order valence-electron chi connectivity index (χ0n) is 15.6. The number of carboxylic acid groups (broad SMARTS) is 1. The van der Waals surface area contributed by atoms with E-state index in [1.54, 1.807) is 4.68 Å². The van der Waals surface area contributed by atoms with Crippen LogP contribution in [0.4, 0.5) is 0 Å². The standard InChI is InChI=1S/C19H17ClN6O3/c1-3-15(11-5-4-10(2)13(20)6-11)26-16-14(8-22-26)23-19(24-17(16)27)25-9-12(7-21-25)18(28)29/h4-9,15H,3H2,1-2H3,(H,28,29)(H,23,24,27). The normalized spacial score (nSPS) is 12.4. The molecule has 0 bridgehead atoms. The van der Waals surface area contributed by atoms with Crippen LogP contribution in [-0.4, -0.2) is 45.7 Å². The van der Waals surface area contributed by atoms with Gasteiger partial charge in [0, 0.05) is 11.2 Å². The number of fused-ring (bicyclic) bond motifs is 1. The van der Waals surface area contributed by atoms with Gasteiger partial charge in [-0.15, -0.1) is 0 Å². The van der Waals surface area contributed by atoms with Gasteiger partial charge in [0.25, 0.3) is 5.95 Å². The Morgan fingerprint density at radius 3 is 2.69 bits per heavy atom. The number of nitrogens with zero attached hydrogens (tertiary/aromatic N) is 6. The fourth-order valence-electron chi connectivity index (χ4n) is 3.18. The highest BCUT2D eigenvalue weighted by molar-refractivity contribution is 6.31. The largest absolute Gasteiger partial charge is 0.492 e. The smallest absolute Gasteiger partial charge is 0.338 e. The molecule has 0 fully saturated rings. The van der Waals surface area contributed by atoms with E-state index in [0.29, 0.717) is 22.5 Å². The Bertz CT molecular complexity index is 1230. The van der Waals surface area contributed by atoms with Crippen LogP contribution in [0, 0.1) is 6.92 Å². The van der Waals surface area contributed by atoms with Crippen LogP contribution in [0.5, 0.6) is 5.88 Å². The summed E-state index contributed by atoms with van der Waals surface area (Å²) in [7, 11) is 0.